The Hall–Kier alpha value is -6.92. The molecule has 7 aromatic rings. The number of hydrogen-bond acceptors (Lipinski definition) is 6. The van der Waals surface area contributed by atoms with Gasteiger partial charge in [-0.15, -0.1) is 0 Å². The minimum atomic E-state index is 0.368. The van der Waals surface area contributed by atoms with Crippen LogP contribution in [0.1, 0.15) is 38.9 Å². The molecule has 6 nitrogen and oxygen atoms in total. The van der Waals surface area contributed by atoms with Crippen molar-refractivity contribution >= 4 is 5.76 Å². The van der Waals surface area contributed by atoms with E-state index >= 15 is 0 Å². The maximum Gasteiger partial charge on any atom is 0.172 e. The molecule has 1 aliphatic rings. The number of hydrogen-bond donors (Lipinski definition) is 0. The van der Waals surface area contributed by atoms with Gasteiger partial charge in [0.1, 0.15) is 56.0 Å². The van der Waals surface area contributed by atoms with Gasteiger partial charge in [0.2, 0.25) is 0 Å². The molecule has 0 spiro atoms. The lowest BCUT2D eigenvalue weighted by Gasteiger charge is -2.27. The number of fused-ring (bicyclic) bond motifs is 1. The Morgan fingerprint density at radius 3 is 1.30 bits per heavy atom. The Morgan fingerprint density at radius 1 is 0.375 bits per heavy atom. The molecule has 1 aliphatic heterocycles. The first-order valence-electron chi connectivity index (χ1n) is 18.8. The lowest BCUT2D eigenvalue weighted by Crippen LogP contribution is -2.14. The first-order chi connectivity index (χ1) is 27.7. The fraction of sp³-hybridized carbons (Fsp3) is 0.120. The molecule has 0 unspecified atom stereocenters. The molecule has 0 aliphatic carbocycles. The van der Waals surface area contributed by atoms with E-state index in [2.05, 4.69) is 24.3 Å². The van der Waals surface area contributed by atoms with Crippen molar-refractivity contribution in [2.24, 2.45) is 0 Å². The summed E-state index contributed by atoms with van der Waals surface area (Å²) in [5.41, 5.74) is 6.95. The predicted molar refractivity (Wildman–Crippen MR) is 218 cm³/mol. The third-order valence-corrected chi connectivity index (χ3v) is 9.37. The molecule has 0 N–H and O–H groups in total. The van der Waals surface area contributed by atoms with Crippen LogP contribution in [0, 0.1) is 0 Å². The van der Waals surface area contributed by atoms with Crippen LogP contribution >= 0.6 is 0 Å². The molecule has 278 valence electrons. The SMILES string of the molecule is c1ccc(COC2=C(c3ccc(OCc4ccccc4)c(OCc4ccccc4)c3)Oc3cc(OCc4ccccc4)cc(OCc4ccccc4)c3C2)cc1. The molecular weight excluding hydrogens is 697 g/mol. The largest absolute Gasteiger partial charge is 0.489 e. The second-order valence-electron chi connectivity index (χ2n) is 13.5. The van der Waals surface area contributed by atoms with E-state index in [1.165, 1.54) is 0 Å². The van der Waals surface area contributed by atoms with Gasteiger partial charge >= 0.3 is 0 Å². The molecule has 0 aromatic heterocycles. The molecule has 56 heavy (non-hydrogen) atoms. The monoisotopic (exact) mass is 738 g/mol. The summed E-state index contributed by atoms with van der Waals surface area (Å²) in [6.07, 6.45) is 0.438. The van der Waals surface area contributed by atoms with Crippen LogP contribution in [-0.2, 0) is 44.2 Å². The van der Waals surface area contributed by atoms with Crippen molar-refractivity contribution in [2.45, 2.75) is 39.5 Å². The van der Waals surface area contributed by atoms with Gasteiger partial charge in [-0.1, -0.05) is 152 Å². The summed E-state index contributed by atoms with van der Waals surface area (Å²) >= 11 is 0. The van der Waals surface area contributed by atoms with E-state index in [1.807, 2.05) is 158 Å². The normalized spacial score (nSPS) is 11.9. The van der Waals surface area contributed by atoms with Gasteiger partial charge in [-0.3, -0.25) is 0 Å². The van der Waals surface area contributed by atoms with Gasteiger partial charge in [0, 0.05) is 29.7 Å². The highest BCUT2D eigenvalue weighted by atomic mass is 16.5. The van der Waals surface area contributed by atoms with Gasteiger partial charge in [0.15, 0.2) is 17.3 Å². The highest BCUT2D eigenvalue weighted by molar-refractivity contribution is 5.71. The highest BCUT2D eigenvalue weighted by Crippen LogP contribution is 2.44. The van der Waals surface area contributed by atoms with E-state index in [-0.39, 0.29) is 0 Å². The topological polar surface area (TPSA) is 55.4 Å². The summed E-state index contributed by atoms with van der Waals surface area (Å²) in [7, 11) is 0. The van der Waals surface area contributed by atoms with Crippen LogP contribution in [0.5, 0.6) is 28.7 Å². The molecule has 0 bridgehead atoms. The van der Waals surface area contributed by atoms with Gasteiger partial charge < -0.3 is 28.4 Å². The molecule has 0 atom stereocenters. The van der Waals surface area contributed by atoms with Crippen LogP contribution in [0.4, 0.5) is 0 Å². The molecule has 0 amide bonds. The number of allylic oxidation sites excluding steroid dienone is 1. The van der Waals surface area contributed by atoms with Crippen molar-refractivity contribution in [3.8, 4) is 28.7 Å². The van der Waals surface area contributed by atoms with E-state index in [0.717, 1.165) is 38.9 Å². The fourth-order valence-corrected chi connectivity index (χ4v) is 6.39. The van der Waals surface area contributed by atoms with Crippen molar-refractivity contribution in [1.82, 2.24) is 0 Å². The van der Waals surface area contributed by atoms with Gasteiger partial charge in [0.05, 0.1) is 0 Å². The van der Waals surface area contributed by atoms with E-state index in [0.29, 0.717) is 79.7 Å². The van der Waals surface area contributed by atoms with E-state index in [9.17, 15) is 0 Å². The molecule has 0 fully saturated rings. The van der Waals surface area contributed by atoms with E-state index in [4.69, 9.17) is 28.4 Å². The maximum atomic E-state index is 6.89. The van der Waals surface area contributed by atoms with Crippen molar-refractivity contribution in [1.29, 1.82) is 0 Å². The standard InChI is InChI=1S/C50H42O6/c1-6-16-37(17-7-1)32-51-43-29-46(53-34-39-20-10-3-11-21-39)44-31-49(55-36-41-24-14-5-15-25-41)50(56-47(44)30-43)42-26-27-45(52-33-38-18-8-2-9-19-38)48(28-42)54-35-40-22-12-4-13-23-40/h1-30H,31-36H2. The second kappa shape index (κ2) is 17.9. The van der Waals surface area contributed by atoms with Crippen LogP contribution in [0.15, 0.2) is 188 Å². The molecule has 0 saturated heterocycles. The van der Waals surface area contributed by atoms with E-state index < -0.39 is 0 Å². The van der Waals surface area contributed by atoms with E-state index in [1.54, 1.807) is 0 Å². The van der Waals surface area contributed by atoms with Crippen LogP contribution < -0.4 is 23.7 Å². The fourth-order valence-electron chi connectivity index (χ4n) is 6.39. The summed E-state index contributed by atoms with van der Waals surface area (Å²) in [6, 6.07) is 60.3. The third kappa shape index (κ3) is 9.41. The van der Waals surface area contributed by atoms with Crippen molar-refractivity contribution in [2.75, 3.05) is 0 Å². The Morgan fingerprint density at radius 2 is 0.804 bits per heavy atom. The molecular formula is C50H42O6. The van der Waals surface area contributed by atoms with Gasteiger partial charge in [-0.05, 0) is 46.0 Å². The summed E-state index contributed by atoms with van der Waals surface area (Å²) in [5, 5.41) is 0. The third-order valence-electron chi connectivity index (χ3n) is 9.37. The van der Waals surface area contributed by atoms with Crippen molar-refractivity contribution in [3.05, 3.63) is 227 Å². The molecule has 7 aromatic carbocycles. The molecule has 0 radical (unpaired) electrons. The molecule has 6 heteroatoms. The van der Waals surface area contributed by atoms with Gasteiger partial charge in [-0.2, -0.15) is 0 Å². The van der Waals surface area contributed by atoms with Gasteiger partial charge in [-0.25, -0.2) is 0 Å². The van der Waals surface area contributed by atoms with Crippen LogP contribution in [-0.4, -0.2) is 0 Å². The first kappa shape index (κ1) is 36.1. The number of benzene rings is 7. The summed E-state index contributed by atoms with van der Waals surface area (Å²) in [4.78, 5) is 0. The first-order valence-corrected chi connectivity index (χ1v) is 18.8. The summed E-state index contributed by atoms with van der Waals surface area (Å²) in [5.74, 6) is 4.43. The lowest BCUT2D eigenvalue weighted by molar-refractivity contribution is 0.182. The Balaban J connectivity index is 1.15. The molecule has 0 saturated carbocycles. The molecule has 1 heterocycles. The predicted octanol–water partition coefficient (Wildman–Crippen LogP) is 11.5. The Bertz CT molecular complexity index is 2340. The van der Waals surface area contributed by atoms with Crippen LogP contribution in [0.3, 0.4) is 0 Å². The zero-order valence-electron chi connectivity index (χ0n) is 31.0. The second-order valence-corrected chi connectivity index (χ2v) is 13.5. The van der Waals surface area contributed by atoms with Crippen LogP contribution in [0.2, 0.25) is 0 Å². The van der Waals surface area contributed by atoms with Crippen molar-refractivity contribution in [3.63, 3.8) is 0 Å². The summed E-state index contributed by atoms with van der Waals surface area (Å²) in [6.45, 7) is 1.93. The zero-order chi connectivity index (χ0) is 37.8. The smallest absolute Gasteiger partial charge is 0.172 e. The average molecular weight is 739 g/mol. The zero-order valence-corrected chi connectivity index (χ0v) is 31.0. The minimum Gasteiger partial charge on any atom is -0.489 e. The Labute approximate surface area is 328 Å². The van der Waals surface area contributed by atoms with Crippen LogP contribution in [0.25, 0.3) is 5.76 Å². The highest BCUT2D eigenvalue weighted by Gasteiger charge is 2.28. The lowest BCUT2D eigenvalue weighted by atomic mass is 10.0. The number of ether oxygens (including phenoxy) is 6. The molecule has 8 rings (SSSR count). The maximum absolute atomic E-state index is 6.89. The van der Waals surface area contributed by atoms with Gasteiger partial charge in [0.25, 0.3) is 0 Å². The quantitative estimate of drug-likeness (QED) is 0.0984. The summed E-state index contributed by atoms with van der Waals surface area (Å²) < 4.78 is 39.3. The van der Waals surface area contributed by atoms with Crippen molar-refractivity contribution < 1.29 is 28.4 Å². The number of rotatable bonds is 16. The average Bonchev–Trinajstić information content (AvgIpc) is 3.27. The Kier molecular flexibility index (Phi) is 11.6. The minimum absolute atomic E-state index is 0.368.